The van der Waals surface area contributed by atoms with E-state index >= 15 is 0 Å². The third-order valence-electron chi connectivity index (χ3n) is 2.79. The minimum atomic E-state index is -0.400. The van der Waals surface area contributed by atoms with Crippen molar-refractivity contribution in [2.45, 2.75) is 13.1 Å². The van der Waals surface area contributed by atoms with Gasteiger partial charge in [-0.15, -0.1) is 0 Å². The van der Waals surface area contributed by atoms with Gasteiger partial charge in [-0.25, -0.2) is 9.18 Å². The Bertz CT molecular complexity index is 567. The first-order valence-electron chi connectivity index (χ1n) is 6.17. The van der Waals surface area contributed by atoms with Gasteiger partial charge in [0.25, 0.3) is 0 Å². The number of hydrogen-bond donors (Lipinski definition) is 1. The van der Waals surface area contributed by atoms with Gasteiger partial charge < -0.3 is 10.1 Å². The molecule has 0 aliphatic heterocycles. The van der Waals surface area contributed by atoms with Crippen LogP contribution in [-0.2, 0) is 17.8 Å². The topological polar surface area (TPSA) is 51.2 Å². The molecule has 20 heavy (non-hydrogen) atoms. The van der Waals surface area contributed by atoms with Gasteiger partial charge in [0.05, 0.1) is 18.4 Å². The van der Waals surface area contributed by atoms with Gasteiger partial charge in [0.2, 0.25) is 0 Å². The second-order valence-corrected chi connectivity index (χ2v) is 4.26. The van der Waals surface area contributed by atoms with Gasteiger partial charge in [-0.1, -0.05) is 12.1 Å². The van der Waals surface area contributed by atoms with E-state index in [4.69, 9.17) is 0 Å². The van der Waals surface area contributed by atoms with E-state index in [2.05, 4.69) is 15.0 Å². The SMILES string of the molecule is COC(=O)c1ccc(CNCc2ccc(F)cc2)nc1. The van der Waals surface area contributed by atoms with Gasteiger partial charge in [0, 0.05) is 19.3 Å². The predicted octanol–water partition coefficient (Wildman–Crippen LogP) is 2.30. The van der Waals surface area contributed by atoms with Gasteiger partial charge in [0.1, 0.15) is 5.82 Å². The molecule has 0 aliphatic rings. The molecule has 0 spiro atoms. The Balaban J connectivity index is 1.85. The molecule has 0 saturated heterocycles. The standard InChI is InChI=1S/C15H15FN2O2/c1-20-15(19)12-4-7-14(18-9-12)10-17-8-11-2-5-13(16)6-3-11/h2-7,9,17H,8,10H2,1H3. The van der Waals surface area contributed by atoms with Crippen molar-refractivity contribution >= 4 is 5.97 Å². The zero-order valence-corrected chi connectivity index (χ0v) is 11.1. The van der Waals surface area contributed by atoms with Crippen LogP contribution in [0.1, 0.15) is 21.6 Å². The van der Waals surface area contributed by atoms with Crippen LogP contribution < -0.4 is 5.32 Å². The lowest BCUT2D eigenvalue weighted by molar-refractivity contribution is 0.0600. The summed E-state index contributed by atoms with van der Waals surface area (Å²) in [5.41, 5.74) is 2.24. The van der Waals surface area contributed by atoms with Crippen molar-refractivity contribution in [2.24, 2.45) is 0 Å². The number of hydrogen-bond acceptors (Lipinski definition) is 4. The van der Waals surface area contributed by atoms with Crippen LogP contribution in [0.25, 0.3) is 0 Å². The Labute approximate surface area is 116 Å². The molecule has 1 aromatic carbocycles. The lowest BCUT2D eigenvalue weighted by Gasteiger charge is -2.05. The van der Waals surface area contributed by atoms with Crippen molar-refractivity contribution in [3.63, 3.8) is 0 Å². The predicted molar refractivity (Wildman–Crippen MR) is 72.5 cm³/mol. The van der Waals surface area contributed by atoms with Crippen molar-refractivity contribution in [1.29, 1.82) is 0 Å². The Kier molecular flexibility index (Phi) is 4.79. The molecule has 2 rings (SSSR count). The average molecular weight is 274 g/mol. The van der Waals surface area contributed by atoms with Crippen LogP contribution in [0.15, 0.2) is 42.6 Å². The number of nitrogens with zero attached hydrogens (tertiary/aromatic N) is 1. The largest absolute Gasteiger partial charge is 0.465 e. The molecule has 0 radical (unpaired) electrons. The molecular weight excluding hydrogens is 259 g/mol. The van der Waals surface area contributed by atoms with Crippen LogP contribution >= 0.6 is 0 Å². The quantitative estimate of drug-likeness (QED) is 0.850. The number of benzene rings is 1. The number of carbonyl (C=O) groups is 1. The first-order valence-corrected chi connectivity index (χ1v) is 6.17. The van der Waals surface area contributed by atoms with Gasteiger partial charge in [0.15, 0.2) is 0 Å². The van der Waals surface area contributed by atoms with Crippen LogP contribution in [0.2, 0.25) is 0 Å². The summed E-state index contributed by atoms with van der Waals surface area (Å²) >= 11 is 0. The summed E-state index contributed by atoms with van der Waals surface area (Å²) in [5, 5.41) is 3.20. The normalized spacial score (nSPS) is 10.3. The van der Waals surface area contributed by atoms with Crippen LogP contribution in [-0.4, -0.2) is 18.1 Å². The lowest BCUT2D eigenvalue weighted by Crippen LogP contribution is -2.14. The number of halogens is 1. The Morgan fingerprint density at radius 1 is 1.20 bits per heavy atom. The number of ether oxygens (including phenoxy) is 1. The van der Waals surface area contributed by atoms with Crippen molar-refractivity contribution in [2.75, 3.05) is 7.11 Å². The zero-order valence-electron chi connectivity index (χ0n) is 11.1. The van der Waals surface area contributed by atoms with Gasteiger partial charge in [-0.2, -0.15) is 0 Å². The van der Waals surface area contributed by atoms with Crippen LogP contribution in [0, 0.1) is 5.82 Å². The summed E-state index contributed by atoms with van der Waals surface area (Å²) in [5.74, 6) is -0.642. The fourth-order valence-corrected chi connectivity index (χ4v) is 1.70. The number of aromatic nitrogens is 1. The molecule has 4 nitrogen and oxygen atoms in total. The minimum absolute atomic E-state index is 0.242. The van der Waals surface area contributed by atoms with Crippen molar-refractivity contribution in [1.82, 2.24) is 10.3 Å². The molecule has 0 fully saturated rings. The summed E-state index contributed by atoms with van der Waals surface area (Å²) in [4.78, 5) is 15.4. The van der Waals surface area contributed by atoms with Crippen molar-refractivity contribution in [3.8, 4) is 0 Å². The zero-order chi connectivity index (χ0) is 14.4. The molecule has 0 atom stereocenters. The molecule has 5 heteroatoms. The minimum Gasteiger partial charge on any atom is -0.465 e. The van der Waals surface area contributed by atoms with E-state index in [1.807, 2.05) is 0 Å². The summed E-state index contributed by atoms with van der Waals surface area (Å²) in [7, 11) is 1.33. The van der Waals surface area contributed by atoms with Gasteiger partial charge >= 0.3 is 5.97 Å². The molecule has 104 valence electrons. The molecular formula is C15H15FN2O2. The third kappa shape index (κ3) is 3.86. The molecule has 1 aromatic heterocycles. The highest BCUT2D eigenvalue weighted by Crippen LogP contribution is 2.04. The maximum Gasteiger partial charge on any atom is 0.339 e. The molecule has 0 bridgehead atoms. The van der Waals surface area contributed by atoms with E-state index < -0.39 is 5.97 Å². The lowest BCUT2D eigenvalue weighted by atomic mass is 10.2. The average Bonchev–Trinajstić information content (AvgIpc) is 2.49. The highest BCUT2D eigenvalue weighted by molar-refractivity contribution is 5.88. The Hall–Kier alpha value is -2.27. The molecule has 0 unspecified atom stereocenters. The summed E-state index contributed by atoms with van der Waals surface area (Å²) in [6.07, 6.45) is 1.49. The van der Waals surface area contributed by atoms with Crippen LogP contribution in [0.5, 0.6) is 0 Å². The van der Waals surface area contributed by atoms with E-state index in [0.29, 0.717) is 18.7 Å². The maximum absolute atomic E-state index is 12.7. The Morgan fingerprint density at radius 3 is 2.55 bits per heavy atom. The summed E-state index contributed by atoms with van der Waals surface area (Å²) < 4.78 is 17.3. The third-order valence-corrected chi connectivity index (χ3v) is 2.79. The number of esters is 1. The smallest absolute Gasteiger partial charge is 0.339 e. The monoisotopic (exact) mass is 274 g/mol. The highest BCUT2D eigenvalue weighted by atomic mass is 19.1. The number of pyridine rings is 1. The van der Waals surface area contributed by atoms with E-state index in [0.717, 1.165) is 11.3 Å². The maximum atomic E-state index is 12.7. The number of nitrogens with one attached hydrogen (secondary N) is 1. The van der Waals surface area contributed by atoms with Gasteiger partial charge in [-0.05, 0) is 29.8 Å². The highest BCUT2D eigenvalue weighted by Gasteiger charge is 2.05. The molecule has 0 amide bonds. The first kappa shape index (κ1) is 14.1. The molecule has 1 N–H and O–H groups in total. The number of methoxy groups -OCH3 is 1. The van der Waals surface area contributed by atoms with E-state index in [9.17, 15) is 9.18 Å². The Morgan fingerprint density at radius 2 is 1.95 bits per heavy atom. The number of carbonyl (C=O) groups excluding carboxylic acids is 1. The molecule has 0 saturated carbocycles. The van der Waals surface area contributed by atoms with E-state index in [-0.39, 0.29) is 5.82 Å². The summed E-state index contributed by atoms with van der Waals surface area (Å²) in [6, 6.07) is 9.77. The van der Waals surface area contributed by atoms with Gasteiger partial charge in [-0.3, -0.25) is 4.98 Å². The van der Waals surface area contributed by atoms with Crippen LogP contribution in [0.3, 0.4) is 0 Å². The molecule has 0 aliphatic carbocycles. The fourth-order valence-electron chi connectivity index (χ4n) is 1.70. The molecule has 2 aromatic rings. The fraction of sp³-hybridized carbons (Fsp3) is 0.200. The van der Waals surface area contributed by atoms with E-state index in [1.54, 1.807) is 24.3 Å². The van der Waals surface area contributed by atoms with Crippen molar-refractivity contribution in [3.05, 3.63) is 65.2 Å². The second-order valence-electron chi connectivity index (χ2n) is 4.26. The molecule has 1 heterocycles. The van der Waals surface area contributed by atoms with Crippen LogP contribution in [0.4, 0.5) is 4.39 Å². The van der Waals surface area contributed by atoms with E-state index in [1.165, 1.54) is 25.4 Å². The second kappa shape index (κ2) is 6.77. The summed E-state index contributed by atoms with van der Waals surface area (Å²) in [6.45, 7) is 1.19. The first-order chi connectivity index (χ1) is 9.69. The number of rotatable bonds is 5. The van der Waals surface area contributed by atoms with Crippen molar-refractivity contribution < 1.29 is 13.9 Å².